The largest absolute Gasteiger partial charge is 0.507 e. The van der Waals surface area contributed by atoms with Crippen LogP contribution in [-0.2, 0) is 16.1 Å². The standard InChI is InChI=1S/C28H28N2O5/c1-4-34-22-11-7-20(8-12-22)25-24(26(31)21-9-13-23(14-10-21)35-18(2)3)27(32)28(33)30(25)17-19-6-5-15-29-16-19/h5-16,18,25,31H,4,17H2,1-3H3. The minimum Gasteiger partial charge on any atom is -0.507 e. The molecule has 4 rings (SSSR count). The molecular weight excluding hydrogens is 444 g/mol. The van der Waals surface area contributed by atoms with Gasteiger partial charge in [0.05, 0.1) is 24.3 Å². The van der Waals surface area contributed by atoms with Gasteiger partial charge in [0.25, 0.3) is 11.7 Å². The summed E-state index contributed by atoms with van der Waals surface area (Å²) in [5, 5.41) is 11.2. The number of pyridine rings is 1. The number of aliphatic hydroxyl groups excluding tert-OH is 1. The number of nitrogens with zero attached hydrogens (tertiary/aromatic N) is 2. The van der Waals surface area contributed by atoms with Crippen molar-refractivity contribution in [3.8, 4) is 11.5 Å². The summed E-state index contributed by atoms with van der Waals surface area (Å²) in [6.07, 6.45) is 3.31. The van der Waals surface area contributed by atoms with Crippen molar-refractivity contribution in [2.45, 2.75) is 39.5 Å². The van der Waals surface area contributed by atoms with Gasteiger partial charge in [-0.25, -0.2) is 0 Å². The third kappa shape index (κ3) is 5.19. The normalized spacial score (nSPS) is 17.1. The number of hydrogen-bond acceptors (Lipinski definition) is 6. The average molecular weight is 473 g/mol. The molecule has 1 amide bonds. The first-order chi connectivity index (χ1) is 16.9. The number of hydrogen-bond donors (Lipinski definition) is 1. The number of rotatable bonds is 8. The second-order valence-electron chi connectivity index (χ2n) is 8.48. The molecule has 1 N–H and O–H groups in total. The second kappa shape index (κ2) is 10.4. The number of aliphatic hydroxyl groups is 1. The molecule has 0 aliphatic carbocycles. The molecule has 7 heteroatoms. The molecule has 1 unspecified atom stereocenters. The van der Waals surface area contributed by atoms with E-state index in [9.17, 15) is 14.7 Å². The number of Topliss-reactive ketones (excluding diaryl/α,β-unsaturated/α-hetero) is 1. The third-order valence-electron chi connectivity index (χ3n) is 5.62. The highest BCUT2D eigenvalue weighted by molar-refractivity contribution is 6.46. The Kier molecular flexibility index (Phi) is 7.15. The molecular formula is C28H28N2O5. The van der Waals surface area contributed by atoms with E-state index >= 15 is 0 Å². The Bertz CT molecular complexity index is 1220. The van der Waals surface area contributed by atoms with Crippen LogP contribution in [0.1, 0.15) is 43.5 Å². The van der Waals surface area contributed by atoms with E-state index in [0.29, 0.717) is 29.2 Å². The number of likely N-dealkylation sites (tertiary alicyclic amines) is 1. The van der Waals surface area contributed by atoms with Crippen LogP contribution < -0.4 is 9.47 Å². The van der Waals surface area contributed by atoms with Gasteiger partial charge < -0.3 is 19.5 Å². The van der Waals surface area contributed by atoms with Crippen molar-refractivity contribution in [3.05, 3.63) is 95.3 Å². The van der Waals surface area contributed by atoms with E-state index in [1.807, 2.05) is 39.0 Å². The average Bonchev–Trinajstić information content (AvgIpc) is 3.10. The summed E-state index contributed by atoms with van der Waals surface area (Å²) >= 11 is 0. The smallest absolute Gasteiger partial charge is 0.295 e. The molecule has 1 atom stereocenters. The topological polar surface area (TPSA) is 89.0 Å². The Balaban J connectivity index is 1.78. The number of aromatic nitrogens is 1. The van der Waals surface area contributed by atoms with Crippen molar-refractivity contribution in [2.75, 3.05) is 6.61 Å². The Morgan fingerprint density at radius 1 is 1.03 bits per heavy atom. The van der Waals surface area contributed by atoms with Gasteiger partial charge in [-0.1, -0.05) is 18.2 Å². The number of carbonyl (C=O) groups is 2. The van der Waals surface area contributed by atoms with Crippen LogP contribution >= 0.6 is 0 Å². The fourth-order valence-electron chi connectivity index (χ4n) is 4.11. The lowest BCUT2D eigenvalue weighted by Crippen LogP contribution is -2.29. The Morgan fingerprint density at radius 2 is 1.71 bits per heavy atom. The van der Waals surface area contributed by atoms with Gasteiger partial charge in [0.2, 0.25) is 0 Å². The summed E-state index contributed by atoms with van der Waals surface area (Å²) < 4.78 is 11.2. The first kappa shape index (κ1) is 24.0. The highest BCUT2D eigenvalue weighted by atomic mass is 16.5. The Hall–Kier alpha value is -4.13. The zero-order chi connectivity index (χ0) is 24.9. The molecule has 2 aromatic carbocycles. The van der Waals surface area contributed by atoms with Crippen LogP contribution in [0.2, 0.25) is 0 Å². The number of carbonyl (C=O) groups excluding carboxylic acids is 2. The van der Waals surface area contributed by atoms with E-state index in [1.54, 1.807) is 54.9 Å². The molecule has 0 bridgehead atoms. The Labute approximate surface area is 204 Å². The van der Waals surface area contributed by atoms with Crippen LogP contribution in [-0.4, -0.2) is 39.4 Å². The van der Waals surface area contributed by atoms with Crippen LogP contribution in [0, 0.1) is 0 Å². The summed E-state index contributed by atoms with van der Waals surface area (Å²) in [6, 6.07) is 16.9. The van der Waals surface area contributed by atoms with E-state index in [2.05, 4.69) is 4.98 Å². The van der Waals surface area contributed by atoms with Gasteiger partial charge in [-0.3, -0.25) is 14.6 Å². The van der Waals surface area contributed by atoms with Crippen LogP contribution in [0.3, 0.4) is 0 Å². The van der Waals surface area contributed by atoms with Crippen molar-refractivity contribution in [1.29, 1.82) is 0 Å². The number of ketones is 1. The number of benzene rings is 2. The molecule has 0 radical (unpaired) electrons. The van der Waals surface area contributed by atoms with E-state index in [-0.39, 0.29) is 24.0 Å². The minimum atomic E-state index is -0.766. The molecule has 2 heterocycles. The number of amides is 1. The second-order valence-corrected chi connectivity index (χ2v) is 8.48. The quantitative estimate of drug-likeness (QED) is 0.285. The van der Waals surface area contributed by atoms with Crippen LogP contribution in [0.25, 0.3) is 5.76 Å². The maximum absolute atomic E-state index is 13.2. The minimum absolute atomic E-state index is 0.00640. The van der Waals surface area contributed by atoms with E-state index < -0.39 is 17.7 Å². The van der Waals surface area contributed by atoms with Gasteiger partial charge in [0, 0.05) is 24.5 Å². The van der Waals surface area contributed by atoms with Gasteiger partial charge >= 0.3 is 0 Å². The maximum Gasteiger partial charge on any atom is 0.295 e. The molecule has 180 valence electrons. The molecule has 35 heavy (non-hydrogen) atoms. The van der Waals surface area contributed by atoms with Gasteiger partial charge in [0.15, 0.2) is 0 Å². The van der Waals surface area contributed by atoms with Gasteiger partial charge in [-0.15, -0.1) is 0 Å². The first-order valence-electron chi connectivity index (χ1n) is 11.6. The summed E-state index contributed by atoms with van der Waals surface area (Å²) in [5.74, 6) is -0.299. The molecule has 0 spiro atoms. The molecule has 3 aromatic rings. The SMILES string of the molecule is CCOc1ccc(C2C(=C(O)c3ccc(OC(C)C)cc3)C(=O)C(=O)N2Cc2cccnc2)cc1. The zero-order valence-electron chi connectivity index (χ0n) is 20.0. The summed E-state index contributed by atoms with van der Waals surface area (Å²) in [4.78, 5) is 31.9. The van der Waals surface area contributed by atoms with Crippen LogP contribution in [0.15, 0.2) is 78.6 Å². The zero-order valence-corrected chi connectivity index (χ0v) is 20.0. The lowest BCUT2D eigenvalue weighted by molar-refractivity contribution is -0.140. The summed E-state index contributed by atoms with van der Waals surface area (Å²) in [6.45, 7) is 6.45. The van der Waals surface area contributed by atoms with Crippen LogP contribution in [0.4, 0.5) is 0 Å². The lowest BCUT2D eigenvalue weighted by Gasteiger charge is -2.25. The predicted octanol–water partition coefficient (Wildman–Crippen LogP) is 4.89. The van der Waals surface area contributed by atoms with Gasteiger partial charge in [-0.2, -0.15) is 0 Å². The Morgan fingerprint density at radius 3 is 2.31 bits per heavy atom. The van der Waals surface area contributed by atoms with Crippen molar-refractivity contribution < 1.29 is 24.2 Å². The van der Waals surface area contributed by atoms with E-state index in [1.165, 1.54) is 4.90 Å². The summed E-state index contributed by atoms with van der Waals surface area (Å²) in [7, 11) is 0. The molecule has 1 aliphatic heterocycles. The molecule has 0 saturated carbocycles. The van der Waals surface area contributed by atoms with Crippen LogP contribution in [0.5, 0.6) is 11.5 Å². The highest BCUT2D eigenvalue weighted by Crippen LogP contribution is 2.40. The predicted molar refractivity (Wildman–Crippen MR) is 132 cm³/mol. The molecule has 1 aliphatic rings. The van der Waals surface area contributed by atoms with Crippen molar-refractivity contribution in [1.82, 2.24) is 9.88 Å². The van der Waals surface area contributed by atoms with Gasteiger partial charge in [0.1, 0.15) is 17.3 Å². The number of ether oxygens (including phenoxy) is 2. The van der Waals surface area contributed by atoms with Crippen molar-refractivity contribution >= 4 is 17.4 Å². The van der Waals surface area contributed by atoms with E-state index in [0.717, 1.165) is 5.56 Å². The molecule has 1 fully saturated rings. The maximum atomic E-state index is 13.2. The van der Waals surface area contributed by atoms with Crippen molar-refractivity contribution in [2.24, 2.45) is 0 Å². The molecule has 1 aromatic heterocycles. The summed E-state index contributed by atoms with van der Waals surface area (Å²) in [5.41, 5.74) is 1.94. The lowest BCUT2D eigenvalue weighted by atomic mass is 9.95. The monoisotopic (exact) mass is 472 g/mol. The third-order valence-corrected chi connectivity index (χ3v) is 5.62. The van der Waals surface area contributed by atoms with Gasteiger partial charge in [-0.05, 0) is 74.4 Å². The first-order valence-corrected chi connectivity index (χ1v) is 11.6. The highest BCUT2D eigenvalue weighted by Gasteiger charge is 2.46. The fourth-order valence-corrected chi connectivity index (χ4v) is 4.11. The fraction of sp³-hybridized carbons (Fsp3) is 0.250. The molecule has 7 nitrogen and oxygen atoms in total. The van der Waals surface area contributed by atoms with Crippen molar-refractivity contribution in [3.63, 3.8) is 0 Å². The van der Waals surface area contributed by atoms with E-state index in [4.69, 9.17) is 9.47 Å². The molecule has 1 saturated heterocycles.